The Kier molecular flexibility index (Phi) is 15.5. The molecule has 4 atom stereocenters. The third-order valence-corrected chi connectivity index (χ3v) is 7.48. The van der Waals surface area contributed by atoms with Gasteiger partial charge in [0.25, 0.3) is 0 Å². The van der Waals surface area contributed by atoms with E-state index in [1.807, 2.05) is 51.1 Å². The second-order valence-corrected chi connectivity index (χ2v) is 11.7. The van der Waals surface area contributed by atoms with Gasteiger partial charge in [0, 0.05) is 25.6 Å². The molecular formula is C30H50N4O6. The summed E-state index contributed by atoms with van der Waals surface area (Å²) < 4.78 is 0. The molecule has 1 aromatic carbocycles. The molecule has 10 heteroatoms. The van der Waals surface area contributed by atoms with E-state index in [0.29, 0.717) is 44.6 Å². The predicted molar refractivity (Wildman–Crippen MR) is 155 cm³/mol. The number of nitrogens with two attached hydrogens (primary N) is 1. The minimum Gasteiger partial charge on any atom is -0.480 e. The number of carboxylic acids is 1. The average molecular weight is 563 g/mol. The summed E-state index contributed by atoms with van der Waals surface area (Å²) in [5.41, 5.74) is 6.62. The SMILES string of the molecule is CC(C)C[C@H](CCCC(=O)NC[C@@](C)(CCO)C(C)C)NC(=O)C[C@H](NC(=O)C(N)Cc1ccccc1)C(=O)O. The van der Waals surface area contributed by atoms with Crippen molar-refractivity contribution >= 4 is 23.7 Å². The van der Waals surface area contributed by atoms with Crippen molar-refractivity contribution in [3.05, 3.63) is 35.9 Å². The third-order valence-electron chi connectivity index (χ3n) is 7.48. The molecule has 1 rings (SSSR count). The Labute approximate surface area is 238 Å². The fourth-order valence-electron chi connectivity index (χ4n) is 4.46. The van der Waals surface area contributed by atoms with E-state index in [1.165, 1.54) is 0 Å². The Morgan fingerprint density at radius 2 is 1.65 bits per heavy atom. The molecule has 0 aromatic heterocycles. The molecule has 3 amide bonds. The lowest BCUT2D eigenvalue weighted by Crippen LogP contribution is -2.51. The number of carboxylic acid groups (broad SMARTS) is 1. The molecule has 0 saturated heterocycles. The molecule has 0 radical (unpaired) electrons. The number of amides is 3. The molecule has 0 fully saturated rings. The minimum atomic E-state index is -1.41. The fraction of sp³-hybridized carbons (Fsp3) is 0.667. The number of carbonyl (C=O) groups is 4. The highest BCUT2D eigenvalue weighted by atomic mass is 16.4. The molecular weight excluding hydrogens is 512 g/mol. The van der Waals surface area contributed by atoms with Crippen LogP contribution in [0.4, 0.5) is 0 Å². The second kappa shape index (κ2) is 17.7. The Balaban J connectivity index is 2.62. The Morgan fingerprint density at radius 3 is 2.20 bits per heavy atom. The van der Waals surface area contributed by atoms with Crippen LogP contribution in [0, 0.1) is 17.3 Å². The van der Waals surface area contributed by atoms with E-state index in [-0.39, 0.29) is 36.3 Å². The van der Waals surface area contributed by atoms with Crippen molar-refractivity contribution in [1.29, 1.82) is 0 Å². The summed E-state index contributed by atoms with van der Waals surface area (Å²) in [6, 6.07) is 6.56. The van der Waals surface area contributed by atoms with Crippen LogP contribution in [-0.2, 0) is 25.6 Å². The second-order valence-electron chi connectivity index (χ2n) is 11.7. The maximum Gasteiger partial charge on any atom is 0.326 e. The van der Waals surface area contributed by atoms with Gasteiger partial charge in [-0.25, -0.2) is 4.79 Å². The summed E-state index contributed by atoms with van der Waals surface area (Å²) in [5.74, 6) is -1.96. The van der Waals surface area contributed by atoms with Gasteiger partial charge in [-0.2, -0.15) is 0 Å². The number of aliphatic carboxylic acids is 1. The van der Waals surface area contributed by atoms with Crippen LogP contribution < -0.4 is 21.7 Å². The number of hydrogen-bond donors (Lipinski definition) is 6. The molecule has 10 nitrogen and oxygen atoms in total. The monoisotopic (exact) mass is 562 g/mol. The van der Waals surface area contributed by atoms with Gasteiger partial charge in [-0.15, -0.1) is 0 Å². The van der Waals surface area contributed by atoms with E-state index in [9.17, 15) is 29.4 Å². The van der Waals surface area contributed by atoms with E-state index in [2.05, 4.69) is 29.8 Å². The van der Waals surface area contributed by atoms with Gasteiger partial charge in [-0.3, -0.25) is 14.4 Å². The number of hydrogen-bond acceptors (Lipinski definition) is 6. The first kappa shape index (κ1) is 35.0. The summed E-state index contributed by atoms with van der Waals surface area (Å²) in [6.45, 7) is 10.8. The molecule has 0 aliphatic heterocycles. The smallest absolute Gasteiger partial charge is 0.326 e. The van der Waals surface area contributed by atoms with Crippen molar-refractivity contribution in [2.45, 2.75) is 97.7 Å². The molecule has 7 N–H and O–H groups in total. The van der Waals surface area contributed by atoms with Gasteiger partial charge in [0.05, 0.1) is 12.5 Å². The van der Waals surface area contributed by atoms with Crippen LogP contribution in [-0.4, -0.2) is 65.2 Å². The Hall–Kier alpha value is -2.98. The summed E-state index contributed by atoms with van der Waals surface area (Å²) in [4.78, 5) is 49.5. The van der Waals surface area contributed by atoms with Gasteiger partial charge in [0.2, 0.25) is 17.7 Å². The van der Waals surface area contributed by atoms with E-state index >= 15 is 0 Å². The van der Waals surface area contributed by atoms with Crippen molar-refractivity contribution < 1.29 is 29.4 Å². The number of benzene rings is 1. The summed E-state index contributed by atoms with van der Waals surface area (Å²) in [5, 5.41) is 27.2. The minimum absolute atomic E-state index is 0.0635. The first-order valence-corrected chi connectivity index (χ1v) is 14.3. The molecule has 1 aromatic rings. The zero-order valence-corrected chi connectivity index (χ0v) is 24.7. The fourth-order valence-corrected chi connectivity index (χ4v) is 4.46. The van der Waals surface area contributed by atoms with Crippen LogP contribution >= 0.6 is 0 Å². The van der Waals surface area contributed by atoms with Gasteiger partial charge in [0.1, 0.15) is 6.04 Å². The van der Waals surface area contributed by atoms with Gasteiger partial charge in [-0.05, 0) is 54.9 Å². The van der Waals surface area contributed by atoms with Gasteiger partial charge >= 0.3 is 5.97 Å². The predicted octanol–water partition coefficient (Wildman–Crippen LogP) is 2.38. The molecule has 0 aliphatic rings. The highest BCUT2D eigenvalue weighted by Crippen LogP contribution is 2.29. The van der Waals surface area contributed by atoms with E-state index in [1.54, 1.807) is 0 Å². The number of rotatable bonds is 19. The summed E-state index contributed by atoms with van der Waals surface area (Å²) >= 11 is 0. The van der Waals surface area contributed by atoms with Crippen LogP contribution in [0.2, 0.25) is 0 Å². The number of aliphatic hydroxyl groups is 1. The first-order chi connectivity index (χ1) is 18.8. The lowest BCUT2D eigenvalue weighted by molar-refractivity contribution is -0.143. The molecule has 0 spiro atoms. The van der Waals surface area contributed by atoms with Crippen LogP contribution in [0.5, 0.6) is 0 Å². The molecule has 0 heterocycles. The van der Waals surface area contributed by atoms with Crippen molar-refractivity contribution in [1.82, 2.24) is 16.0 Å². The van der Waals surface area contributed by atoms with Crippen molar-refractivity contribution in [3.63, 3.8) is 0 Å². The normalized spacial score (nSPS) is 15.1. The third kappa shape index (κ3) is 13.4. The van der Waals surface area contributed by atoms with Crippen molar-refractivity contribution in [3.8, 4) is 0 Å². The Morgan fingerprint density at radius 1 is 1.00 bits per heavy atom. The van der Waals surface area contributed by atoms with Gasteiger partial charge in [-0.1, -0.05) is 65.0 Å². The standard InChI is InChI=1S/C30H50N4O6/c1-20(2)16-23(12-9-13-26(36)32-19-30(5,14-15-35)21(3)4)33-27(37)18-25(29(39)40)34-28(38)24(31)17-22-10-7-6-8-11-22/h6-8,10-11,20-21,23-25,35H,9,12-19,31H2,1-5H3,(H,32,36)(H,33,37)(H,34,38)(H,39,40)/t23-,24?,25-,30+/m0/s1. The number of carbonyl (C=O) groups excluding carboxylic acids is 3. The number of nitrogens with one attached hydrogen (secondary N) is 3. The maximum atomic E-state index is 12.8. The van der Waals surface area contributed by atoms with Crippen LogP contribution in [0.3, 0.4) is 0 Å². The lowest BCUT2D eigenvalue weighted by atomic mass is 9.76. The van der Waals surface area contributed by atoms with Gasteiger partial charge in [0.15, 0.2) is 0 Å². The Bertz CT molecular complexity index is 939. The highest BCUT2D eigenvalue weighted by molar-refractivity contribution is 5.90. The molecule has 0 aliphatic carbocycles. The van der Waals surface area contributed by atoms with Gasteiger partial charge < -0.3 is 31.9 Å². The zero-order valence-electron chi connectivity index (χ0n) is 24.7. The highest BCUT2D eigenvalue weighted by Gasteiger charge is 2.29. The van der Waals surface area contributed by atoms with Crippen molar-refractivity contribution in [2.24, 2.45) is 23.0 Å². The van der Waals surface area contributed by atoms with E-state index in [4.69, 9.17) is 5.73 Å². The van der Waals surface area contributed by atoms with Crippen LogP contribution in [0.1, 0.15) is 78.7 Å². The zero-order chi connectivity index (χ0) is 30.3. The lowest BCUT2D eigenvalue weighted by Gasteiger charge is -2.33. The van der Waals surface area contributed by atoms with Crippen LogP contribution in [0.15, 0.2) is 30.3 Å². The molecule has 226 valence electrons. The average Bonchev–Trinajstić information content (AvgIpc) is 2.87. The molecule has 0 saturated carbocycles. The number of aliphatic hydroxyl groups excluding tert-OH is 1. The quantitative estimate of drug-likeness (QED) is 0.150. The summed E-state index contributed by atoms with van der Waals surface area (Å²) in [7, 11) is 0. The van der Waals surface area contributed by atoms with Crippen molar-refractivity contribution in [2.75, 3.05) is 13.2 Å². The molecule has 40 heavy (non-hydrogen) atoms. The summed E-state index contributed by atoms with van der Waals surface area (Å²) in [6.07, 6.45) is 2.49. The topological polar surface area (TPSA) is 171 Å². The van der Waals surface area contributed by atoms with Crippen LogP contribution in [0.25, 0.3) is 0 Å². The van der Waals surface area contributed by atoms with E-state index < -0.39 is 36.3 Å². The maximum absolute atomic E-state index is 12.8. The molecule has 0 bridgehead atoms. The van der Waals surface area contributed by atoms with E-state index in [0.717, 1.165) is 5.56 Å². The largest absolute Gasteiger partial charge is 0.480 e. The molecule has 1 unspecified atom stereocenters. The first-order valence-electron chi connectivity index (χ1n) is 14.3.